The van der Waals surface area contributed by atoms with Crippen molar-refractivity contribution >= 4 is 28.1 Å². The summed E-state index contributed by atoms with van der Waals surface area (Å²) in [7, 11) is 0. The summed E-state index contributed by atoms with van der Waals surface area (Å²) in [6, 6.07) is 13.2. The van der Waals surface area contributed by atoms with Gasteiger partial charge in [-0.05, 0) is 30.2 Å². The fraction of sp³-hybridized carbons (Fsp3) is 0.304. The summed E-state index contributed by atoms with van der Waals surface area (Å²) in [6.07, 6.45) is 3.20. The number of aryl methyl sites for hydroxylation is 1. The minimum atomic E-state index is -0.374. The first-order chi connectivity index (χ1) is 15.0. The number of amides is 1. The van der Waals surface area contributed by atoms with Gasteiger partial charge in [0.2, 0.25) is 5.91 Å². The van der Waals surface area contributed by atoms with Crippen LogP contribution in [0.4, 0.5) is 11.4 Å². The van der Waals surface area contributed by atoms with Crippen molar-refractivity contribution in [2.24, 2.45) is 0 Å². The summed E-state index contributed by atoms with van der Waals surface area (Å²) in [6.45, 7) is 5.95. The van der Waals surface area contributed by atoms with E-state index in [1.807, 2.05) is 43.3 Å². The summed E-state index contributed by atoms with van der Waals surface area (Å²) in [4.78, 5) is 31.8. The number of nitrogens with one attached hydrogen (secondary N) is 1. The molecule has 3 aromatic rings. The van der Waals surface area contributed by atoms with Crippen LogP contribution >= 0.6 is 0 Å². The fourth-order valence-corrected chi connectivity index (χ4v) is 4.00. The van der Waals surface area contributed by atoms with Gasteiger partial charge in [0.05, 0.1) is 16.9 Å². The second-order valence-corrected chi connectivity index (χ2v) is 7.75. The second kappa shape index (κ2) is 9.09. The quantitative estimate of drug-likeness (QED) is 0.488. The van der Waals surface area contributed by atoms with Crippen molar-refractivity contribution in [2.45, 2.75) is 13.5 Å². The van der Waals surface area contributed by atoms with Gasteiger partial charge in [-0.3, -0.25) is 24.8 Å². The van der Waals surface area contributed by atoms with Crippen LogP contribution in [0.5, 0.6) is 0 Å². The van der Waals surface area contributed by atoms with E-state index < -0.39 is 0 Å². The van der Waals surface area contributed by atoms with Crippen molar-refractivity contribution in [1.82, 2.24) is 15.2 Å². The number of piperazine rings is 1. The molecular weight excluding hydrogens is 394 g/mol. The molecule has 1 N–H and O–H groups in total. The molecule has 1 fully saturated rings. The largest absolute Gasteiger partial charge is 0.368 e. The van der Waals surface area contributed by atoms with E-state index in [1.165, 1.54) is 5.56 Å². The Morgan fingerprint density at radius 3 is 2.61 bits per heavy atom. The molecule has 8 heteroatoms. The fourth-order valence-electron chi connectivity index (χ4n) is 4.00. The SMILES string of the molecule is Cc1ccccc1CNC(=O)CN1CCN(c2ccc([N+](=O)[O-])c3cnccc23)CC1. The van der Waals surface area contributed by atoms with Crippen LogP contribution in [0.1, 0.15) is 11.1 Å². The standard InChI is InChI=1S/C23H25N5O3/c1-17-4-2-3-5-18(17)14-25-23(29)16-26-10-12-27(13-11-26)21-6-7-22(28(30)31)20-15-24-9-8-19(20)21/h2-9,15H,10-14,16H2,1H3,(H,25,29). The lowest BCUT2D eigenvalue weighted by Gasteiger charge is -2.36. The van der Waals surface area contributed by atoms with E-state index in [0.29, 0.717) is 18.5 Å². The van der Waals surface area contributed by atoms with E-state index in [0.717, 1.165) is 42.8 Å². The Labute approximate surface area is 180 Å². The van der Waals surface area contributed by atoms with Gasteiger partial charge in [0, 0.05) is 62.3 Å². The van der Waals surface area contributed by atoms with Crippen molar-refractivity contribution in [1.29, 1.82) is 0 Å². The molecular formula is C23H25N5O3. The molecule has 0 bridgehead atoms. The maximum Gasteiger partial charge on any atom is 0.278 e. The number of anilines is 1. The Morgan fingerprint density at radius 2 is 1.87 bits per heavy atom. The van der Waals surface area contributed by atoms with Crippen LogP contribution in [0.3, 0.4) is 0 Å². The lowest BCUT2D eigenvalue weighted by molar-refractivity contribution is -0.383. The number of pyridine rings is 1. The summed E-state index contributed by atoms with van der Waals surface area (Å²) in [5.41, 5.74) is 3.32. The molecule has 1 aliphatic rings. The Balaban J connectivity index is 1.36. The summed E-state index contributed by atoms with van der Waals surface area (Å²) in [5, 5.41) is 15.7. The predicted molar refractivity (Wildman–Crippen MR) is 120 cm³/mol. The average molecular weight is 419 g/mol. The van der Waals surface area contributed by atoms with Gasteiger partial charge in [-0.15, -0.1) is 0 Å². The smallest absolute Gasteiger partial charge is 0.278 e. The number of benzene rings is 2. The van der Waals surface area contributed by atoms with Gasteiger partial charge in [-0.25, -0.2) is 0 Å². The molecule has 1 aliphatic heterocycles. The van der Waals surface area contributed by atoms with Crippen LogP contribution in [0, 0.1) is 17.0 Å². The van der Waals surface area contributed by atoms with Gasteiger partial charge in [-0.2, -0.15) is 0 Å². The second-order valence-electron chi connectivity index (χ2n) is 7.75. The minimum absolute atomic E-state index is 0.0172. The zero-order valence-corrected chi connectivity index (χ0v) is 17.5. The number of aromatic nitrogens is 1. The number of rotatable bonds is 6. The number of non-ortho nitro benzene ring substituents is 1. The summed E-state index contributed by atoms with van der Waals surface area (Å²) >= 11 is 0. The van der Waals surface area contributed by atoms with E-state index in [2.05, 4.69) is 20.1 Å². The third-order valence-corrected chi connectivity index (χ3v) is 5.79. The zero-order valence-electron chi connectivity index (χ0n) is 17.5. The highest BCUT2D eigenvalue weighted by molar-refractivity contribution is 5.99. The third-order valence-electron chi connectivity index (χ3n) is 5.79. The molecule has 2 heterocycles. The normalized spacial score (nSPS) is 14.5. The molecule has 1 saturated heterocycles. The average Bonchev–Trinajstić information content (AvgIpc) is 2.78. The van der Waals surface area contributed by atoms with E-state index in [-0.39, 0.29) is 16.5 Å². The van der Waals surface area contributed by atoms with Crippen molar-refractivity contribution in [2.75, 3.05) is 37.6 Å². The van der Waals surface area contributed by atoms with Gasteiger partial charge in [-0.1, -0.05) is 24.3 Å². The van der Waals surface area contributed by atoms with Crippen LogP contribution in [0.15, 0.2) is 54.9 Å². The van der Waals surface area contributed by atoms with Crippen LogP contribution in [0.25, 0.3) is 10.8 Å². The molecule has 0 radical (unpaired) electrons. The maximum absolute atomic E-state index is 12.4. The molecule has 0 saturated carbocycles. The van der Waals surface area contributed by atoms with Crippen LogP contribution in [-0.4, -0.2) is 53.4 Å². The Bertz CT molecular complexity index is 1110. The molecule has 0 unspecified atom stereocenters. The first kappa shape index (κ1) is 20.7. The van der Waals surface area contributed by atoms with Crippen LogP contribution < -0.4 is 10.2 Å². The molecule has 0 aliphatic carbocycles. The van der Waals surface area contributed by atoms with Gasteiger partial charge in [0.15, 0.2) is 0 Å². The first-order valence-electron chi connectivity index (χ1n) is 10.3. The molecule has 0 atom stereocenters. The topological polar surface area (TPSA) is 91.6 Å². The number of nitro groups is 1. The van der Waals surface area contributed by atoms with E-state index in [9.17, 15) is 14.9 Å². The number of fused-ring (bicyclic) bond motifs is 1. The van der Waals surface area contributed by atoms with E-state index >= 15 is 0 Å². The molecule has 0 spiro atoms. The van der Waals surface area contributed by atoms with Crippen molar-refractivity contribution in [3.63, 3.8) is 0 Å². The highest BCUT2D eigenvalue weighted by atomic mass is 16.6. The highest BCUT2D eigenvalue weighted by Gasteiger charge is 2.22. The number of hydrogen-bond donors (Lipinski definition) is 1. The number of carbonyl (C=O) groups excluding carboxylic acids is 1. The molecule has 4 rings (SSSR count). The van der Waals surface area contributed by atoms with Gasteiger partial charge in [0.25, 0.3) is 5.69 Å². The van der Waals surface area contributed by atoms with Crippen molar-refractivity contribution < 1.29 is 9.72 Å². The third kappa shape index (κ3) is 4.64. The first-order valence-corrected chi connectivity index (χ1v) is 10.3. The molecule has 1 amide bonds. The summed E-state index contributed by atoms with van der Waals surface area (Å²) in [5.74, 6) is 0.0172. The van der Waals surface area contributed by atoms with Crippen LogP contribution in [0.2, 0.25) is 0 Å². The monoisotopic (exact) mass is 419 g/mol. The van der Waals surface area contributed by atoms with E-state index in [1.54, 1.807) is 18.5 Å². The van der Waals surface area contributed by atoms with Crippen LogP contribution in [-0.2, 0) is 11.3 Å². The van der Waals surface area contributed by atoms with Crippen molar-refractivity contribution in [3.8, 4) is 0 Å². The maximum atomic E-state index is 12.4. The molecule has 8 nitrogen and oxygen atoms in total. The molecule has 1 aromatic heterocycles. The number of nitrogens with zero attached hydrogens (tertiary/aromatic N) is 4. The molecule has 160 valence electrons. The minimum Gasteiger partial charge on any atom is -0.368 e. The van der Waals surface area contributed by atoms with E-state index in [4.69, 9.17) is 0 Å². The lowest BCUT2D eigenvalue weighted by Crippen LogP contribution is -2.49. The Hall–Kier alpha value is -3.52. The number of hydrogen-bond acceptors (Lipinski definition) is 6. The zero-order chi connectivity index (χ0) is 21.8. The lowest BCUT2D eigenvalue weighted by atomic mass is 10.1. The molecule has 2 aromatic carbocycles. The predicted octanol–water partition coefficient (Wildman–Crippen LogP) is 2.89. The highest BCUT2D eigenvalue weighted by Crippen LogP contribution is 2.33. The Morgan fingerprint density at radius 1 is 1.10 bits per heavy atom. The Kier molecular flexibility index (Phi) is 6.08. The van der Waals surface area contributed by atoms with Crippen molar-refractivity contribution in [3.05, 3.63) is 76.1 Å². The molecule has 31 heavy (non-hydrogen) atoms. The van der Waals surface area contributed by atoms with Gasteiger partial charge in [0.1, 0.15) is 0 Å². The number of nitro benzene ring substituents is 1. The number of carbonyl (C=O) groups is 1. The summed E-state index contributed by atoms with van der Waals surface area (Å²) < 4.78 is 0. The van der Waals surface area contributed by atoms with Gasteiger partial charge < -0.3 is 10.2 Å². The van der Waals surface area contributed by atoms with Gasteiger partial charge >= 0.3 is 0 Å².